The highest BCUT2D eigenvalue weighted by atomic mass is 19.1. The summed E-state index contributed by atoms with van der Waals surface area (Å²) in [5.41, 5.74) is 4.23. The van der Waals surface area contributed by atoms with Crippen LogP contribution in [0.5, 0.6) is 0 Å². The number of aromatic amines is 1. The molecule has 0 radical (unpaired) electrons. The number of rotatable bonds is 3. The highest BCUT2D eigenvalue weighted by Crippen LogP contribution is 2.28. The van der Waals surface area contributed by atoms with Crippen molar-refractivity contribution in [2.45, 2.75) is 27.7 Å². The number of benzene rings is 1. The monoisotopic (exact) mass is 304 g/mol. The zero-order valence-corrected chi connectivity index (χ0v) is 13.3. The maximum Gasteiger partial charge on any atom is 0.216 e. The average molecular weight is 304 g/mol. The lowest BCUT2D eigenvalue weighted by Crippen LogP contribution is -2.18. The minimum atomic E-state index is -0.277. The summed E-state index contributed by atoms with van der Waals surface area (Å²) in [4.78, 5) is 23.9. The number of halogens is 1. The van der Waals surface area contributed by atoms with Crippen LogP contribution >= 0.6 is 0 Å². The molecule has 2 aromatic rings. The van der Waals surface area contributed by atoms with E-state index in [2.05, 4.69) is 10.3 Å². The fraction of sp³-hybridized carbons (Fsp3) is 0.294. The molecule has 4 nitrogen and oxygen atoms in total. The molecule has 22 heavy (non-hydrogen) atoms. The van der Waals surface area contributed by atoms with Crippen LogP contribution in [0.3, 0.4) is 0 Å². The smallest absolute Gasteiger partial charge is 0.216 e. The second-order valence-electron chi connectivity index (χ2n) is 4.87. The Bertz CT molecular complexity index is 645. The Balaban J connectivity index is 0.000000346. The lowest BCUT2D eigenvalue weighted by molar-refractivity contribution is -0.118. The van der Waals surface area contributed by atoms with E-state index in [1.165, 1.54) is 19.1 Å². The molecule has 1 aromatic carbocycles. The third-order valence-electron chi connectivity index (χ3n) is 3.21. The van der Waals surface area contributed by atoms with Crippen molar-refractivity contribution < 1.29 is 14.0 Å². The van der Waals surface area contributed by atoms with Gasteiger partial charge in [-0.3, -0.25) is 9.59 Å². The predicted octanol–water partition coefficient (Wildman–Crippen LogP) is 3.39. The van der Waals surface area contributed by atoms with Gasteiger partial charge in [0.25, 0.3) is 0 Å². The first kappa shape index (κ1) is 17.6. The molecule has 1 amide bonds. The third-order valence-corrected chi connectivity index (χ3v) is 3.21. The van der Waals surface area contributed by atoms with Gasteiger partial charge in [-0.25, -0.2) is 4.39 Å². The van der Waals surface area contributed by atoms with Crippen LogP contribution in [-0.2, 0) is 4.79 Å². The summed E-state index contributed by atoms with van der Waals surface area (Å²) in [6, 6.07) is 6.15. The number of H-pyrrole nitrogens is 1. The maximum atomic E-state index is 12.8. The van der Waals surface area contributed by atoms with Crippen molar-refractivity contribution in [3.8, 4) is 11.1 Å². The topological polar surface area (TPSA) is 62.0 Å². The molecule has 1 aromatic heterocycles. The van der Waals surface area contributed by atoms with Gasteiger partial charge in [0.1, 0.15) is 5.82 Å². The van der Waals surface area contributed by atoms with Gasteiger partial charge in [-0.15, -0.1) is 0 Å². The van der Waals surface area contributed by atoms with Crippen LogP contribution in [0.15, 0.2) is 24.3 Å². The summed E-state index contributed by atoms with van der Waals surface area (Å²) < 4.78 is 12.8. The second kappa shape index (κ2) is 8.12. The molecule has 0 aliphatic carbocycles. The average Bonchev–Trinajstić information content (AvgIpc) is 2.76. The van der Waals surface area contributed by atoms with E-state index in [1.807, 2.05) is 20.8 Å². The minimum Gasteiger partial charge on any atom is -0.357 e. The Hall–Kier alpha value is -2.43. The van der Waals surface area contributed by atoms with Crippen molar-refractivity contribution in [1.82, 2.24) is 10.3 Å². The van der Waals surface area contributed by atoms with Gasteiger partial charge in [0.2, 0.25) is 5.91 Å². The molecule has 1 heterocycles. The van der Waals surface area contributed by atoms with Crippen molar-refractivity contribution in [2.24, 2.45) is 0 Å². The molecule has 0 spiro atoms. The molecule has 0 saturated carbocycles. The van der Waals surface area contributed by atoms with E-state index in [0.717, 1.165) is 35.2 Å². The number of aldehydes is 1. The Morgan fingerprint density at radius 2 is 1.86 bits per heavy atom. The molecule has 0 aliphatic rings. The number of aromatic nitrogens is 1. The zero-order chi connectivity index (χ0) is 16.7. The van der Waals surface area contributed by atoms with E-state index < -0.39 is 0 Å². The molecule has 0 fully saturated rings. The highest BCUT2D eigenvalue weighted by molar-refractivity contribution is 5.88. The largest absolute Gasteiger partial charge is 0.357 e. The SMILES string of the molecule is CCNC(C)=O.Cc1[nH]c(C=O)c(-c2ccc(F)cc2)c1C. The van der Waals surface area contributed by atoms with Crippen molar-refractivity contribution >= 4 is 12.2 Å². The van der Waals surface area contributed by atoms with E-state index in [9.17, 15) is 14.0 Å². The molecule has 118 valence electrons. The molecule has 0 aliphatic heterocycles. The van der Waals surface area contributed by atoms with Crippen LogP contribution in [0.1, 0.15) is 35.6 Å². The van der Waals surface area contributed by atoms with Crippen LogP contribution in [-0.4, -0.2) is 23.7 Å². The zero-order valence-electron chi connectivity index (χ0n) is 13.3. The first-order chi connectivity index (χ1) is 10.4. The fourth-order valence-corrected chi connectivity index (χ4v) is 2.07. The van der Waals surface area contributed by atoms with Gasteiger partial charge in [-0.05, 0) is 44.0 Å². The number of hydrogen-bond acceptors (Lipinski definition) is 2. The Kier molecular flexibility index (Phi) is 6.50. The molecular formula is C17H21FN2O2. The summed E-state index contributed by atoms with van der Waals surface area (Å²) in [6.45, 7) is 7.98. The summed E-state index contributed by atoms with van der Waals surface area (Å²) >= 11 is 0. The summed E-state index contributed by atoms with van der Waals surface area (Å²) in [7, 11) is 0. The Morgan fingerprint density at radius 1 is 1.27 bits per heavy atom. The third kappa shape index (κ3) is 4.55. The molecule has 5 heteroatoms. The number of aryl methyl sites for hydroxylation is 1. The fourth-order valence-electron chi connectivity index (χ4n) is 2.07. The van der Waals surface area contributed by atoms with Crippen LogP contribution < -0.4 is 5.32 Å². The highest BCUT2D eigenvalue weighted by Gasteiger charge is 2.12. The Labute approximate surface area is 129 Å². The number of nitrogens with one attached hydrogen (secondary N) is 2. The minimum absolute atomic E-state index is 0.0394. The predicted molar refractivity (Wildman–Crippen MR) is 85.4 cm³/mol. The number of amides is 1. The molecule has 0 bridgehead atoms. The molecular weight excluding hydrogens is 283 g/mol. The van der Waals surface area contributed by atoms with E-state index >= 15 is 0 Å². The first-order valence-corrected chi connectivity index (χ1v) is 7.05. The molecule has 0 unspecified atom stereocenters. The van der Waals surface area contributed by atoms with Gasteiger partial charge < -0.3 is 10.3 Å². The van der Waals surface area contributed by atoms with Gasteiger partial charge in [0.05, 0.1) is 5.69 Å². The van der Waals surface area contributed by atoms with Crippen LogP contribution in [0.25, 0.3) is 11.1 Å². The van der Waals surface area contributed by atoms with Crippen molar-refractivity contribution in [3.63, 3.8) is 0 Å². The van der Waals surface area contributed by atoms with Crippen LogP contribution in [0.4, 0.5) is 4.39 Å². The quantitative estimate of drug-likeness (QED) is 0.854. The molecule has 2 rings (SSSR count). The molecule has 0 saturated heterocycles. The van der Waals surface area contributed by atoms with Gasteiger partial charge in [-0.1, -0.05) is 12.1 Å². The van der Waals surface area contributed by atoms with E-state index in [1.54, 1.807) is 12.1 Å². The summed E-state index contributed by atoms with van der Waals surface area (Å²) in [5, 5.41) is 2.57. The van der Waals surface area contributed by atoms with E-state index in [-0.39, 0.29) is 11.7 Å². The van der Waals surface area contributed by atoms with Gasteiger partial charge >= 0.3 is 0 Å². The lowest BCUT2D eigenvalue weighted by atomic mass is 10.0. The van der Waals surface area contributed by atoms with Gasteiger partial charge in [0.15, 0.2) is 6.29 Å². The molecule has 0 atom stereocenters. The van der Waals surface area contributed by atoms with Crippen molar-refractivity contribution in [3.05, 3.63) is 47.0 Å². The summed E-state index contributed by atoms with van der Waals surface area (Å²) in [5.74, 6) is -0.237. The van der Waals surface area contributed by atoms with Crippen molar-refractivity contribution in [1.29, 1.82) is 0 Å². The number of carbonyl (C=O) groups is 2. The van der Waals surface area contributed by atoms with Crippen molar-refractivity contribution in [2.75, 3.05) is 6.54 Å². The standard InChI is InChI=1S/C13H12FNO.C4H9NO/c1-8-9(2)15-12(7-16)13(8)10-3-5-11(14)6-4-10;1-3-5-4(2)6/h3-7,15H,1-2H3;3H2,1-2H3,(H,5,6). The number of carbonyl (C=O) groups excluding carboxylic acids is 2. The number of hydrogen-bond donors (Lipinski definition) is 2. The van der Waals surface area contributed by atoms with Gasteiger partial charge in [-0.2, -0.15) is 0 Å². The van der Waals surface area contributed by atoms with Crippen LogP contribution in [0.2, 0.25) is 0 Å². The van der Waals surface area contributed by atoms with Crippen LogP contribution in [0, 0.1) is 19.7 Å². The second-order valence-corrected chi connectivity index (χ2v) is 4.87. The normalized spacial score (nSPS) is 9.68. The first-order valence-electron chi connectivity index (χ1n) is 7.05. The lowest BCUT2D eigenvalue weighted by Gasteiger charge is -2.02. The summed E-state index contributed by atoms with van der Waals surface area (Å²) in [6.07, 6.45) is 0.790. The Morgan fingerprint density at radius 3 is 2.27 bits per heavy atom. The van der Waals surface area contributed by atoms with Gasteiger partial charge in [0, 0.05) is 24.7 Å². The molecule has 2 N–H and O–H groups in total. The van der Waals surface area contributed by atoms with E-state index in [0.29, 0.717) is 5.69 Å². The van der Waals surface area contributed by atoms with E-state index in [4.69, 9.17) is 0 Å². The maximum absolute atomic E-state index is 12.8.